The maximum Gasteiger partial charge on any atom is 0.417 e. The number of rotatable bonds is 5. The fourth-order valence-electron chi connectivity index (χ4n) is 2.78. The Hall–Kier alpha value is -2.45. The molecule has 0 aliphatic heterocycles. The molecule has 3 rings (SSSR count). The quantitative estimate of drug-likeness (QED) is 0.541. The van der Waals surface area contributed by atoms with Crippen LogP contribution in [0.25, 0.3) is 10.9 Å². The summed E-state index contributed by atoms with van der Waals surface area (Å²) < 4.78 is 44.1. The Kier molecular flexibility index (Phi) is 6.24. The van der Waals surface area contributed by atoms with Gasteiger partial charge in [0, 0.05) is 17.1 Å². The van der Waals surface area contributed by atoms with Crippen LogP contribution in [0.2, 0.25) is 5.02 Å². The van der Waals surface area contributed by atoms with Crippen LogP contribution in [0.3, 0.4) is 0 Å². The number of carbonyl (C=O) groups excluding carboxylic acids is 1. The summed E-state index contributed by atoms with van der Waals surface area (Å²) in [6.45, 7) is 1.96. The van der Waals surface area contributed by atoms with E-state index in [0.717, 1.165) is 33.6 Å². The molecule has 0 saturated carbocycles. The summed E-state index contributed by atoms with van der Waals surface area (Å²) in [5.41, 5.74) is 0.935. The average molecular weight is 442 g/mol. The number of aromatic amines is 1. The van der Waals surface area contributed by atoms with E-state index in [0.29, 0.717) is 5.75 Å². The Labute approximate surface area is 174 Å². The van der Waals surface area contributed by atoms with Crippen molar-refractivity contribution < 1.29 is 27.7 Å². The maximum absolute atomic E-state index is 12.9. The minimum Gasteiger partial charge on any atom is -0.497 e. The molecule has 0 aliphatic carbocycles. The molecule has 29 heavy (non-hydrogen) atoms. The third kappa shape index (κ3) is 5.13. The van der Waals surface area contributed by atoms with E-state index < -0.39 is 22.7 Å². The molecule has 2 N–H and O–H groups in total. The standard InChI is InChI=1S/C20H16ClF3N2O2S/c1-11-7-19(26-17-9-13(28-2)4-5-14(11)17)29-10-18(27)25-12-3-6-16(21)15(8-12)20(22,23)24/h3-9H,10H2,1-2H3,(H,25,27)/p+1. The highest BCUT2D eigenvalue weighted by Crippen LogP contribution is 2.36. The van der Waals surface area contributed by atoms with E-state index in [1.807, 2.05) is 31.2 Å². The zero-order valence-electron chi connectivity index (χ0n) is 15.5. The molecule has 1 aromatic heterocycles. The summed E-state index contributed by atoms with van der Waals surface area (Å²) in [5, 5.41) is 3.84. The largest absolute Gasteiger partial charge is 0.497 e. The van der Waals surface area contributed by atoms with Crippen molar-refractivity contribution in [2.24, 2.45) is 0 Å². The molecule has 0 fully saturated rings. The monoisotopic (exact) mass is 441 g/mol. The number of hydrogen-bond acceptors (Lipinski definition) is 3. The molecule has 0 atom stereocenters. The van der Waals surface area contributed by atoms with Gasteiger partial charge in [0.05, 0.1) is 29.5 Å². The molecule has 1 amide bonds. The van der Waals surface area contributed by atoms with Gasteiger partial charge in [-0.15, -0.1) is 0 Å². The second-order valence-electron chi connectivity index (χ2n) is 6.26. The number of thioether (sulfide) groups is 1. The summed E-state index contributed by atoms with van der Waals surface area (Å²) in [5.74, 6) is 0.300. The molecule has 0 saturated heterocycles. The van der Waals surface area contributed by atoms with E-state index >= 15 is 0 Å². The van der Waals surface area contributed by atoms with Crippen molar-refractivity contribution in [3.8, 4) is 5.75 Å². The highest BCUT2D eigenvalue weighted by atomic mass is 35.5. The minimum absolute atomic E-state index is 0.0232. The van der Waals surface area contributed by atoms with Gasteiger partial charge in [-0.3, -0.25) is 4.79 Å². The molecule has 0 aliphatic rings. The molecule has 0 unspecified atom stereocenters. The molecule has 2 aromatic carbocycles. The van der Waals surface area contributed by atoms with E-state index in [1.165, 1.54) is 17.8 Å². The van der Waals surface area contributed by atoms with Crippen LogP contribution >= 0.6 is 23.4 Å². The van der Waals surface area contributed by atoms with Gasteiger partial charge < -0.3 is 10.1 Å². The first-order valence-electron chi connectivity index (χ1n) is 8.47. The predicted molar refractivity (Wildman–Crippen MR) is 108 cm³/mol. The van der Waals surface area contributed by atoms with Crippen molar-refractivity contribution in [3.05, 3.63) is 58.6 Å². The normalized spacial score (nSPS) is 11.5. The highest BCUT2D eigenvalue weighted by molar-refractivity contribution is 7.99. The van der Waals surface area contributed by atoms with Crippen LogP contribution in [0.5, 0.6) is 5.75 Å². The number of H-pyrrole nitrogens is 1. The Morgan fingerprint density at radius 2 is 1.97 bits per heavy atom. The fourth-order valence-corrected chi connectivity index (χ4v) is 3.80. The van der Waals surface area contributed by atoms with E-state index in [1.54, 1.807) is 7.11 Å². The smallest absolute Gasteiger partial charge is 0.417 e. The number of carbonyl (C=O) groups is 1. The number of ether oxygens (including phenoxy) is 1. The molecular formula is C20H17ClF3N2O2S+. The first-order chi connectivity index (χ1) is 13.7. The second-order valence-corrected chi connectivity index (χ2v) is 7.68. The van der Waals surface area contributed by atoms with Gasteiger partial charge in [0.2, 0.25) is 16.4 Å². The van der Waals surface area contributed by atoms with Gasteiger partial charge >= 0.3 is 6.18 Å². The predicted octanol–water partition coefficient (Wildman–Crippen LogP) is 5.37. The van der Waals surface area contributed by atoms with Crippen molar-refractivity contribution >= 4 is 45.9 Å². The summed E-state index contributed by atoms with van der Waals surface area (Å²) in [7, 11) is 1.58. The first-order valence-corrected chi connectivity index (χ1v) is 9.84. The van der Waals surface area contributed by atoms with Gasteiger partial charge in [-0.05, 0) is 54.6 Å². The Morgan fingerprint density at radius 1 is 1.21 bits per heavy atom. The van der Waals surface area contributed by atoms with Crippen LogP contribution in [0.1, 0.15) is 11.1 Å². The van der Waals surface area contributed by atoms with E-state index in [-0.39, 0.29) is 11.4 Å². The molecule has 0 spiro atoms. The van der Waals surface area contributed by atoms with Crippen molar-refractivity contribution in [3.63, 3.8) is 0 Å². The topological polar surface area (TPSA) is 52.5 Å². The van der Waals surface area contributed by atoms with Crippen molar-refractivity contribution in [1.82, 2.24) is 0 Å². The zero-order chi connectivity index (χ0) is 21.2. The molecular weight excluding hydrogens is 425 g/mol. The number of nitrogens with one attached hydrogen (secondary N) is 2. The van der Waals surface area contributed by atoms with Crippen LogP contribution in [0, 0.1) is 6.92 Å². The highest BCUT2D eigenvalue weighted by Gasteiger charge is 2.33. The Morgan fingerprint density at radius 3 is 2.66 bits per heavy atom. The zero-order valence-corrected chi connectivity index (χ0v) is 17.1. The van der Waals surface area contributed by atoms with Gasteiger partial charge in [0.15, 0.2) is 0 Å². The molecule has 9 heteroatoms. The summed E-state index contributed by atoms with van der Waals surface area (Å²) >= 11 is 6.84. The minimum atomic E-state index is -4.59. The fraction of sp³-hybridized carbons (Fsp3) is 0.200. The van der Waals surface area contributed by atoms with Gasteiger partial charge in [0.25, 0.3) is 0 Å². The van der Waals surface area contributed by atoms with Gasteiger partial charge in [-0.2, -0.15) is 18.2 Å². The van der Waals surface area contributed by atoms with Gasteiger partial charge in [-0.25, -0.2) is 0 Å². The van der Waals surface area contributed by atoms with Crippen molar-refractivity contribution in [2.45, 2.75) is 18.1 Å². The van der Waals surface area contributed by atoms with Crippen LogP contribution in [-0.2, 0) is 11.0 Å². The van der Waals surface area contributed by atoms with Crippen molar-refractivity contribution in [2.75, 3.05) is 18.2 Å². The van der Waals surface area contributed by atoms with Gasteiger partial charge in [0.1, 0.15) is 5.75 Å². The lowest BCUT2D eigenvalue weighted by atomic mass is 10.1. The summed E-state index contributed by atoms with van der Waals surface area (Å²) in [6, 6.07) is 10.9. The van der Waals surface area contributed by atoms with Crippen LogP contribution in [-0.4, -0.2) is 18.8 Å². The van der Waals surface area contributed by atoms with E-state index in [2.05, 4.69) is 10.3 Å². The van der Waals surface area contributed by atoms with E-state index in [4.69, 9.17) is 16.3 Å². The number of aromatic nitrogens is 1. The third-order valence-corrected chi connectivity index (χ3v) is 5.44. The number of benzene rings is 2. The molecule has 4 nitrogen and oxygen atoms in total. The number of pyridine rings is 1. The number of methoxy groups -OCH3 is 1. The molecule has 0 bridgehead atoms. The lowest BCUT2D eigenvalue weighted by Gasteiger charge is -2.11. The number of alkyl halides is 3. The Balaban J connectivity index is 1.71. The number of amides is 1. The van der Waals surface area contributed by atoms with Crippen LogP contribution in [0.15, 0.2) is 47.5 Å². The second kappa shape index (κ2) is 8.51. The SMILES string of the molecule is COc1ccc2c(C)cc(SCC(=O)Nc3ccc(Cl)c(C(F)(F)F)c3)[nH+]c2c1. The Bertz CT molecular complexity index is 1070. The number of hydrogen-bond donors (Lipinski definition) is 1. The van der Waals surface area contributed by atoms with Crippen molar-refractivity contribution in [1.29, 1.82) is 0 Å². The molecule has 1 heterocycles. The number of anilines is 1. The number of fused-ring (bicyclic) bond motifs is 1. The lowest BCUT2D eigenvalue weighted by Crippen LogP contribution is -2.17. The first kappa shape index (κ1) is 21.3. The van der Waals surface area contributed by atoms with Gasteiger partial charge in [-0.1, -0.05) is 11.6 Å². The maximum atomic E-state index is 12.9. The average Bonchev–Trinajstić information content (AvgIpc) is 2.66. The third-order valence-electron chi connectivity index (χ3n) is 4.17. The summed E-state index contributed by atoms with van der Waals surface area (Å²) in [6.07, 6.45) is -4.59. The number of aryl methyl sites for hydroxylation is 1. The van der Waals surface area contributed by atoms with Crippen LogP contribution < -0.4 is 15.0 Å². The van der Waals surface area contributed by atoms with Crippen LogP contribution in [0.4, 0.5) is 18.9 Å². The molecule has 3 aromatic rings. The molecule has 0 radical (unpaired) electrons. The lowest BCUT2D eigenvalue weighted by molar-refractivity contribution is -0.395. The van der Waals surface area contributed by atoms with E-state index in [9.17, 15) is 18.0 Å². The molecule has 152 valence electrons. The number of halogens is 4. The summed E-state index contributed by atoms with van der Waals surface area (Å²) in [4.78, 5) is 15.4.